The molecule has 2 unspecified atom stereocenters. The molecule has 17 nitrogen and oxygen atoms in total. The van der Waals surface area contributed by atoms with Gasteiger partial charge in [-0.25, -0.2) is 9.13 Å². The largest absolute Gasteiger partial charge is 0.472 e. The lowest BCUT2D eigenvalue weighted by atomic mass is 10.0. The third kappa shape index (κ3) is 78.0. The van der Waals surface area contributed by atoms with E-state index in [1.165, 1.54) is 270 Å². The van der Waals surface area contributed by atoms with Gasteiger partial charge in [0.05, 0.1) is 26.4 Å². The van der Waals surface area contributed by atoms with E-state index >= 15 is 0 Å². The van der Waals surface area contributed by atoms with Crippen LogP contribution in [0.15, 0.2) is 0 Å². The first-order chi connectivity index (χ1) is 50.0. The standard InChI is InChI=1S/C84H164O17P2/c1-6-9-12-15-17-19-21-23-25-27-29-30-32-34-38-42-46-50-54-59-65-70-84(89)101-80(74-95-82(87)68-63-58-53-49-45-41-37-33-31-28-26-24-22-20-18-16-13-10-7-2)76-99-103(92,93)97-72-78(85)71-96-102(90,91)98-75-79(73-94-81(86)67-62-56-14-11-8-3)100-83(88)69-64-60-55-51-47-43-39-35-36-40-44-48-52-57-61-66-77(4)5/h77-80,85H,6-76H2,1-5H3,(H,90,91)(H,92,93)/t78-,79+,80+/m0/s1. The van der Waals surface area contributed by atoms with E-state index in [1.807, 2.05) is 0 Å². The first-order valence-corrected chi connectivity index (χ1v) is 46.6. The molecule has 0 rings (SSSR count). The number of phosphoric acid groups is 2. The van der Waals surface area contributed by atoms with Crippen LogP contribution in [0.1, 0.15) is 452 Å². The molecule has 0 aromatic rings. The lowest BCUT2D eigenvalue weighted by molar-refractivity contribution is -0.161. The Balaban J connectivity index is 5.10. The van der Waals surface area contributed by atoms with Crippen LogP contribution in [-0.4, -0.2) is 96.7 Å². The summed E-state index contributed by atoms with van der Waals surface area (Å²) in [5, 5.41) is 10.6. The van der Waals surface area contributed by atoms with Crippen molar-refractivity contribution in [3.8, 4) is 0 Å². The van der Waals surface area contributed by atoms with Crippen LogP contribution < -0.4 is 0 Å². The molecule has 0 heterocycles. The summed E-state index contributed by atoms with van der Waals surface area (Å²) in [4.78, 5) is 72.8. The second kappa shape index (κ2) is 76.8. The van der Waals surface area contributed by atoms with Crippen molar-refractivity contribution in [2.75, 3.05) is 39.6 Å². The van der Waals surface area contributed by atoms with Crippen molar-refractivity contribution >= 4 is 39.5 Å². The molecule has 0 aromatic heterocycles. The van der Waals surface area contributed by atoms with Crippen LogP contribution in [0.5, 0.6) is 0 Å². The van der Waals surface area contributed by atoms with Gasteiger partial charge in [-0.2, -0.15) is 0 Å². The molecule has 0 bridgehead atoms. The van der Waals surface area contributed by atoms with Crippen LogP contribution in [0, 0.1) is 5.92 Å². The van der Waals surface area contributed by atoms with Crippen molar-refractivity contribution in [2.24, 2.45) is 5.92 Å². The van der Waals surface area contributed by atoms with E-state index in [1.54, 1.807) is 0 Å². The number of rotatable bonds is 84. The predicted molar refractivity (Wildman–Crippen MR) is 423 cm³/mol. The Kier molecular flexibility index (Phi) is 75.4. The third-order valence-electron chi connectivity index (χ3n) is 19.8. The van der Waals surface area contributed by atoms with Gasteiger partial charge in [-0.3, -0.25) is 37.3 Å². The van der Waals surface area contributed by atoms with E-state index < -0.39 is 97.5 Å². The summed E-state index contributed by atoms with van der Waals surface area (Å²) in [6, 6.07) is 0. The Bertz CT molecular complexity index is 1960. The smallest absolute Gasteiger partial charge is 0.462 e. The van der Waals surface area contributed by atoms with Crippen molar-refractivity contribution in [3.63, 3.8) is 0 Å². The Morgan fingerprint density at radius 2 is 0.447 bits per heavy atom. The second-order valence-electron chi connectivity index (χ2n) is 30.7. The van der Waals surface area contributed by atoms with E-state index in [9.17, 15) is 43.2 Å². The number of hydrogen-bond donors (Lipinski definition) is 3. The van der Waals surface area contributed by atoms with E-state index in [0.29, 0.717) is 25.7 Å². The summed E-state index contributed by atoms with van der Waals surface area (Å²) in [5.74, 6) is -1.31. The molecule has 0 aliphatic carbocycles. The quantitative estimate of drug-likeness (QED) is 0.0222. The molecule has 0 amide bonds. The highest BCUT2D eigenvalue weighted by atomic mass is 31.2. The van der Waals surface area contributed by atoms with Crippen LogP contribution >= 0.6 is 15.6 Å². The van der Waals surface area contributed by atoms with Gasteiger partial charge in [-0.15, -0.1) is 0 Å². The number of aliphatic hydroxyl groups is 1. The SMILES string of the molecule is CCCCCCCCCCCCCCCCCCCCCCCC(=O)O[C@H](COC(=O)CCCCCCCCCCCCCCCCCCCCC)COP(=O)(O)OC[C@@H](O)COP(=O)(O)OC[C@@H](COC(=O)CCCCCCC)OC(=O)CCCCCCCCCCCCCCCCCC(C)C. The average Bonchev–Trinajstić information content (AvgIpc) is 0.937. The second-order valence-corrected chi connectivity index (χ2v) is 33.6. The number of ether oxygens (including phenoxy) is 4. The van der Waals surface area contributed by atoms with Gasteiger partial charge >= 0.3 is 39.5 Å². The van der Waals surface area contributed by atoms with Crippen molar-refractivity contribution in [1.82, 2.24) is 0 Å². The van der Waals surface area contributed by atoms with E-state index in [4.69, 9.17) is 37.0 Å². The zero-order chi connectivity index (χ0) is 75.5. The molecular formula is C84H164O17P2. The van der Waals surface area contributed by atoms with Gasteiger partial charge in [0, 0.05) is 25.7 Å². The molecule has 0 saturated heterocycles. The van der Waals surface area contributed by atoms with Crippen molar-refractivity contribution in [1.29, 1.82) is 0 Å². The molecule has 0 fully saturated rings. The van der Waals surface area contributed by atoms with E-state index in [2.05, 4.69) is 34.6 Å². The number of unbranched alkanes of at least 4 members (excludes halogenated alkanes) is 56. The van der Waals surface area contributed by atoms with Crippen LogP contribution in [0.3, 0.4) is 0 Å². The molecule has 3 N–H and O–H groups in total. The average molecular weight is 1510 g/mol. The maximum absolute atomic E-state index is 13.1. The summed E-state index contributed by atoms with van der Waals surface area (Å²) in [7, 11) is -9.91. The summed E-state index contributed by atoms with van der Waals surface area (Å²) < 4.78 is 68.6. The minimum absolute atomic E-state index is 0.107. The maximum Gasteiger partial charge on any atom is 0.472 e. The molecule has 0 aliphatic rings. The Labute approximate surface area is 632 Å². The first-order valence-electron chi connectivity index (χ1n) is 43.6. The maximum atomic E-state index is 13.1. The highest BCUT2D eigenvalue weighted by Crippen LogP contribution is 2.45. The van der Waals surface area contributed by atoms with Gasteiger partial charge in [0.2, 0.25) is 0 Å². The summed E-state index contributed by atoms with van der Waals surface area (Å²) >= 11 is 0. The number of carbonyl (C=O) groups excluding carboxylic acids is 4. The Morgan fingerprint density at radius 3 is 0.660 bits per heavy atom. The molecule has 0 spiro atoms. The number of hydrogen-bond acceptors (Lipinski definition) is 15. The summed E-state index contributed by atoms with van der Waals surface area (Å²) in [5.41, 5.74) is 0. The Hall–Kier alpha value is -1.94. The fraction of sp³-hybridized carbons (Fsp3) is 0.952. The van der Waals surface area contributed by atoms with Gasteiger partial charge in [0.1, 0.15) is 19.3 Å². The summed E-state index contributed by atoms with van der Waals surface area (Å²) in [6.45, 7) is 7.28. The third-order valence-corrected chi connectivity index (χ3v) is 21.7. The molecule has 0 aromatic carbocycles. The molecule has 103 heavy (non-hydrogen) atoms. The number of carbonyl (C=O) groups is 4. The number of esters is 4. The highest BCUT2D eigenvalue weighted by molar-refractivity contribution is 7.47. The number of aliphatic hydroxyl groups excluding tert-OH is 1. The molecule has 0 aliphatic heterocycles. The zero-order valence-electron chi connectivity index (χ0n) is 67.5. The monoisotopic (exact) mass is 1510 g/mol. The lowest BCUT2D eigenvalue weighted by Crippen LogP contribution is -2.30. The predicted octanol–water partition coefficient (Wildman–Crippen LogP) is 25.6. The van der Waals surface area contributed by atoms with Crippen molar-refractivity contribution in [2.45, 2.75) is 470 Å². The minimum Gasteiger partial charge on any atom is -0.462 e. The van der Waals surface area contributed by atoms with Gasteiger partial charge in [-0.1, -0.05) is 401 Å². The molecule has 612 valence electrons. The minimum atomic E-state index is -4.96. The molecule has 0 radical (unpaired) electrons. The summed E-state index contributed by atoms with van der Waals surface area (Å²) in [6.07, 6.45) is 70.0. The van der Waals surface area contributed by atoms with Crippen LogP contribution in [0.2, 0.25) is 0 Å². The molecule has 19 heteroatoms. The zero-order valence-corrected chi connectivity index (χ0v) is 69.3. The molecule has 0 saturated carbocycles. The van der Waals surface area contributed by atoms with Gasteiger partial charge in [0.15, 0.2) is 12.2 Å². The van der Waals surface area contributed by atoms with E-state index in [-0.39, 0.29) is 25.7 Å². The van der Waals surface area contributed by atoms with Gasteiger partial charge in [-0.05, 0) is 31.6 Å². The van der Waals surface area contributed by atoms with Crippen molar-refractivity contribution in [3.05, 3.63) is 0 Å². The van der Waals surface area contributed by atoms with Crippen LogP contribution in [-0.2, 0) is 65.4 Å². The molecular weight excluding hydrogens is 1340 g/mol. The van der Waals surface area contributed by atoms with Gasteiger partial charge < -0.3 is 33.8 Å². The normalized spacial score (nSPS) is 13.8. The number of phosphoric ester groups is 2. The fourth-order valence-corrected chi connectivity index (χ4v) is 14.7. The fourth-order valence-electron chi connectivity index (χ4n) is 13.1. The van der Waals surface area contributed by atoms with Crippen molar-refractivity contribution < 1.29 is 80.2 Å². The topological polar surface area (TPSA) is 237 Å². The highest BCUT2D eigenvalue weighted by Gasteiger charge is 2.30. The Morgan fingerprint density at radius 1 is 0.262 bits per heavy atom. The van der Waals surface area contributed by atoms with Crippen LogP contribution in [0.25, 0.3) is 0 Å². The van der Waals surface area contributed by atoms with Gasteiger partial charge in [0.25, 0.3) is 0 Å². The van der Waals surface area contributed by atoms with E-state index in [0.717, 1.165) is 102 Å². The first kappa shape index (κ1) is 101. The molecule has 5 atom stereocenters. The van der Waals surface area contributed by atoms with Crippen LogP contribution in [0.4, 0.5) is 0 Å². The lowest BCUT2D eigenvalue weighted by Gasteiger charge is -2.21.